The number of halogens is 1. The Hall–Kier alpha value is -1.55. The molecule has 0 spiro atoms. The number of aryl methyl sites for hydroxylation is 1. The second kappa shape index (κ2) is 7.36. The SMILES string of the molecule is Cc1cccc(Cl)c1O[C@@H]1c2ccccc2C[C@H]1N1CCCNCC1. The van der Waals surface area contributed by atoms with Crippen molar-refractivity contribution in [3.8, 4) is 5.75 Å². The van der Waals surface area contributed by atoms with E-state index in [1.165, 1.54) is 17.5 Å². The van der Waals surface area contributed by atoms with Gasteiger partial charge < -0.3 is 10.1 Å². The molecular formula is C21H25ClN2O. The molecule has 0 bridgehead atoms. The minimum absolute atomic E-state index is 0.0351. The van der Waals surface area contributed by atoms with Gasteiger partial charge in [0.15, 0.2) is 0 Å². The first-order valence-electron chi connectivity index (χ1n) is 9.18. The molecule has 1 heterocycles. The highest BCUT2D eigenvalue weighted by atomic mass is 35.5. The second-order valence-corrected chi connectivity index (χ2v) is 7.44. The summed E-state index contributed by atoms with van der Waals surface area (Å²) < 4.78 is 6.58. The summed E-state index contributed by atoms with van der Waals surface area (Å²) in [5.74, 6) is 0.823. The van der Waals surface area contributed by atoms with Crippen molar-refractivity contribution in [1.29, 1.82) is 0 Å². The minimum atomic E-state index is 0.0351. The monoisotopic (exact) mass is 356 g/mol. The predicted molar refractivity (Wildman–Crippen MR) is 103 cm³/mol. The van der Waals surface area contributed by atoms with Crippen molar-refractivity contribution in [3.63, 3.8) is 0 Å². The van der Waals surface area contributed by atoms with E-state index in [0.29, 0.717) is 11.1 Å². The number of fused-ring (bicyclic) bond motifs is 1. The van der Waals surface area contributed by atoms with Crippen LogP contribution in [0.15, 0.2) is 42.5 Å². The normalized spacial score (nSPS) is 23.9. The average molecular weight is 357 g/mol. The lowest BCUT2D eigenvalue weighted by Crippen LogP contribution is -2.42. The Bertz CT molecular complexity index is 720. The van der Waals surface area contributed by atoms with Crippen LogP contribution in [0.5, 0.6) is 5.75 Å². The molecule has 0 amide bonds. The molecule has 4 heteroatoms. The van der Waals surface area contributed by atoms with E-state index >= 15 is 0 Å². The molecule has 0 unspecified atom stereocenters. The summed E-state index contributed by atoms with van der Waals surface area (Å²) in [5, 5.41) is 4.20. The van der Waals surface area contributed by atoms with Gasteiger partial charge in [0.2, 0.25) is 0 Å². The van der Waals surface area contributed by atoms with E-state index in [1.54, 1.807) is 0 Å². The lowest BCUT2D eigenvalue weighted by Gasteiger charge is -2.32. The highest BCUT2D eigenvalue weighted by Crippen LogP contribution is 2.40. The number of para-hydroxylation sites is 1. The first-order valence-corrected chi connectivity index (χ1v) is 9.56. The van der Waals surface area contributed by atoms with Gasteiger partial charge in [0.25, 0.3) is 0 Å². The van der Waals surface area contributed by atoms with E-state index in [-0.39, 0.29) is 6.10 Å². The second-order valence-electron chi connectivity index (χ2n) is 7.03. The van der Waals surface area contributed by atoms with Crippen molar-refractivity contribution in [2.24, 2.45) is 0 Å². The van der Waals surface area contributed by atoms with Gasteiger partial charge in [-0.15, -0.1) is 0 Å². The summed E-state index contributed by atoms with van der Waals surface area (Å²) in [4.78, 5) is 2.59. The van der Waals surface area contributed by atoms with E-state index in [2.05, 4.69) is 47.5 Å². The van der Waals surface area contributed by atoms with E-state index in [4.69, 9.17) is 16.3 Å². The van der Waals surface area contributed by atoms with Crippen LogP contribution in [-0.2, 0) is 6.42 Å². The van der Waals surface area contributed by atoms with Gasteiger partial charge in [0.05, 0.1) is 11.1 Å². The minimum Gasteiger partial charge on any atom is -0.482 e. The van der Waals surface area contributed by atoms with Gasteiger partial charge in [0, 0.05) is 13.1 Å². The van der Waals surface area contributed by atoms with Crippen LogP contribution in [0.1, 0.15) is 29.2 Å². The molecular weight excluding hydrogens is 332 g/mol. The number of nitrogens with zero attached hydrogens (tertiary/aromatic N) is 1. The third-order valence-electron chi connectivity index (χ3n) is 5.39. The molecule has 2 atom stereocenters. The molecule has 25 heavy (non-hydrogen) atoms. The van der Waals surface area contributed by atoms with Crippen LogP contribution in [0.2, 0.25) is 5.02 Å². The molecule has 0 radical (unpaired) electrons. The van der Waals surface area contributed by atoms with Gasteiger partial charge in [0.1, 0.15) is 11.9 Å². The van der Waals surface area contributed by atoms with E-state index in [1.807, 2.05) is 12.1 Å². The van der Waals surface area contributed by atoms with Crippen LogP contribution in [0.3, 0.4) is 0 Å². The molecule has 132 valence electrons. The van der Waals surface area contributed by atoms with Crippen molar-refractivity contribution in [2.45, 2.75) is 31.9 Å². The Morgan fingerprint density at radius 2 is 1.96 bits per heavy atom. The first kappa shape index (κ1) is 16.9. The number of hydrogen-bond donors (Lipinski definition) is 1. The van der Waals surface area contributed by atoms with Crippen LogP contribution < -0.4 is 10.1 Å². The van der Waals surface area contributed by atoms with Crippen LogP contribution in [0, 0.1) is 6.92 Å². The number of benzene rings is 2. The summed E-state index contributed by atoms with van der Waals surface area (Å²) in [5.41, 5.74) is 3.80. The molecule has 1 aliphatic carbocycles. The molecule has 1 saturated heterocycles. The third kappa shape index (κ3) is 3.41. The number of rotatable bonds is 3. The molecule has 0 aromatic heterocycles. The Morgan fingerprint density at radius 3 is 2.84 bits per heavy atom. The summed E-state index contributed by atoms with van der Waals surface area (Å²) in [6, 6.07) is 15.0. The predicted octanol–water partition coefficient (Wildman–Crippen LogP) is 3.99. The number of hydrogen-bond acceptors (Lipinski definition) is 3. The fourth-order valence-corrected chi connectivity index (χ4v) is 4.36. The van der Waals surface area contributed by atoms with Crippen molar-refractivity contribution < 1.29 is 4.74 Å². The molecule has 0 saturated carbocycles. The van der Waals surface area contributed by atoms with Crippen LogP contribution in [0.4, 0.5) is 0 Å². The summed E-state index contributed by atoms with van der Waals surface area (Å²) in [6.07, 6.45) is 2.27. The maximum absolute atomic E-state index is 6.58. The quantitative estimate of drug-likeness (QED) is 0.900. The van der Waals surface area contributed by atoms with Gasteiger partial charge >= 0.3 is 0 Å². The summed E-state index contributed by atoms with van der Waals surface area (Å²) in [6.45, 7) is 6.40. The molecule has 2 aliphatic rings. The molecule has 1 N–H and O–H groups in total. The van der Waals surface area contributed by atoms with E-state index < -0.39 is 0 Å². The third-order valence-corrected chi connectivity index (χ3v) is 5.69. The number of ether oxygens (including phenoxy) is 1. The van der Waals surface area contributed by atoms with Crippen molar-refractivity contribution in [2.75, 3.05) is 26.2 Å². The lowest BCUT2D eigenvalue weighted by atomic mass is 10.1. The van der Waals surface area contributed by atoms with Crippen LogP contribution in [0.25, 0.3) is 0 Å². The molecule has 2 aromatic carbocycles. The van der Waals surface area contributed by atoms with Crippen LogP contribution >= 0.6 is 11.6 Å². The van der Waals surface area contributed by atoms with Gasteiger partial charge in [-0.1, -0.05) is 48.0 Å². The van der Waals surface area contributed by atoms with Crippen molar-refractivity contribution >= 4 is 11.6 Å². The Morgan fingerprint density at radius 1 is 1.08 bits per heavy atom. The molecule has 1 fully saturated rings. The largest absolute Gasteiger partial charge is 0.482 e. The van der Waals surface area contributed by atoms with Gasteiger partial charge in [-0.3, -0.25) is 4.90 Å². The maximum Gasteiger partial charge on any atom is 0.141 e. The Balaban J connectivity index is 1.67. The van der Waals surface area contributed by atoms with E-state index in [9.17, 15) is 0 Å². The highest BCUT2D eigenvalue weighted by Gasteiger charge is 2.38. The molecule has 3 nitrogen and oxygen atoms in total. The zero-order valence-electron chi connectivity index (χ0n) is 14.7. The zero-order chi connectivity index (χ0) is 17.2. The topological polar surface area (TPSA) is 24.5 Å². The average Bonchev–Trinajstić information content (AvgIpc) is 2.79. The molecule has 1 aliphatic heterocycles. The Kier molecular flexibility index (Phi) is 4.98. The fraction of sp³-hybridized carbons (Fsp3) is 0.429. The maximum atomic E-state index is 6.58. The van der Waals surface area contributed by atoms with Gasteiger partial charge in [-0.05, 0) is 55.6 Å². The zero-order valence-corrected chi connectivity index (χ0v) is 15.4. The van der Waals surface area contributed by atoms with Gasteiger partial charge in [-0.2, -0.15) is 0 Å². The van der Waals surface area contributed by atoms with Gasteiger partial charge in [-0.25, -0.2) is 0 Å². The smallest absolute Gasteiger partial charge is 0.141 e. The first-order chi connectivity index (χ1) is 12.2. The number of nitrogens with one attached hydrogen (secondary N) is 1. The van der Waals surface area contributed by atoms with Crippen molar-refractivity contribution in [1.82, 2.24) is 10.2 Å². The molecule has 4 rings (SSSR count). The Labute approximate surface area is 154 Å². The lowest BCUT2D eigenvalue weighted by molar-refractivity contribution is 0.0817. The standard InChI is InChI=1S/C21H25ClN2O/c1-15-6-4-9-18(22)20(15)25-21-17-8-3-2-7-16(17)14-19(21)24-12-5-10-23-11-13-24/h2-4,6-9,19,21,23H,5,10-14H2,1H3/t19-,21-/m1/s1. The van der Waals surface area contributed by atoms with E-state index in [0.717, 1.165) is 43.9 Å². The van der Waals surface area contributed by atoms with Crippen LogP contribution in [-0.4, -0.2) is 37.1 Å². The summed E-state index contributed by atoms with van der Waals surface area (Å²) >= 11 is 6.45. The highest BCUT2D eigenvalue weighted by molar-refractivity contribution is 6.32. The van der Waals surface area contributed by atoms with Crippen molar-refractivity contribution in [3.05, 3.63) is 64.2 Å². The fourth-order valence-electron chi connectivity index (χ4n) is 4.09. The molecule has 2 aromatic rings. The summed E-state index contributed by atoms with van der Waals surface area (Å²) in [7, 11) is 0.